The van der Waals surface area contributed by atoms with Crippen LogP contribution in [0.4, 0.5) is 0 Å². The molecule has 1 heterocycles. The summed E-state index contributed by atoms with van der Waals surface area (Å²) in [6, 6.07) is 12.5. The molecule has 2 nitrogen and oxygen atoms in total. The van der Waals surface area contributed by atoms with E-state index in [0.717, 1.165) is 24.3 Å². The molecule has 3 heteroatoms. The number of nitrogens with zero attached hydrogens (tertiary/aromatic N) is 1. The van der Waals surface area contributed by atoms with Crippen molar-refractivity contribution in [1.82, 2.24) is 10.3 Å². The molecule has 1 aromatic carbocycles. The van der Waals surface area contributed by atoms with Gasteiger partial charge >= 0.3 is 0 Å². The molecule has 19 heavy (non-hydrogen) atoms. The highest BCUT2D eigenvalue weighted by molar-refractivity contribution is 7.98. The number of aromatic nitrogens is 1. The molecule has 102 valence electrons. The highest BCUT2D eigenvalue weighted by atomic mass is 32.2. The zero-order valence-electron chi connectivity index (χ0n) is 11.6. The lowest BCUT2D eigenvalue weighted by atomic mass is 10.2. The minimum Gasteiger partial charge on any atom is -0.311 e. The Bertz CT molecular complexity index is 499. The minimum atomic E-state index is 0.868. The van der Waals surface area contributed by atoms with Crippen LogP contribution in [0.3, 0.4) is 0 Å². The van der Waals surface area contributed by atoms with E-state index in [9.17, 15) is 0 Å². The van der Waals surface area contributed by atoms with Crippen LogP contribution in [-0.2, 0) is 6.54 Å². The van der Waals surface area contributed by atoms with Crippen LogP contribution in [0, 0.1) is 0 Å². The molecule has 0 bridgehead atoms. The highest BCUT2D eigenvalue weighted by Crippen LogP contribution is 2.11. The number of pyridine rings is 1. The van der Waals surface area contributed by atoms with Gasteiger partial charge in [0, 0.05) is 11.9 Å². The van der Waals surface area contributed by atoms with E-state index in [4.69, 9.17) is 0 Å². The zero-order valence-corrected chi connectivity index (χ0v) is 12.4. The maximum absolute atomic E-state index is 4.66. The number of hydrogen-bond donors (Lipinski definition) is 1. The van der Waals surface area contributed by atoms with Gasteiger partial charge in [0.1, 0.15) is 0 Å². The van der Waals surface area contributed by atoms with E-state index < -0.39 is 0 Å². The van der Waals surface area contributed by atoms with Crippen LogP contribution in [0.5, 0.6) is 0 Å². The molecule has 0 aliphatic rings. The van der Waals surface area contributed by atoms with Crippen LogP contribution in [0.25, 0.3) is 10.9 Å². The molecule has 0 saturated heterocycles. The molecule has 0 aliphatic heterocycles. The Morgan fingerprint density at radius 2 is 1.95 bits per heavy atom. The summed E-state index contributed by atoms with van der Waals surface area (Å²) in [5.41, 5.74) is 2.21. The third-order valence-corrected chi connectivity index (χ3v) is 3.86. The second-order valence-corrected chi connectivity index (χ2v) is 5.71. The van der Waals surface area contributed by atoms with E-state index in [0.29, 0.717) is 0 Å². The van der Waals surface area contributed by atoms with E-state index in [1.807, 2.05) is 17.8 Å². The number of benzene rings is 1. The highest BCUT2D eigenvalue weighted by Gasteiger charge is 1.97. The number of para-hydroxylation sites is 1. The molecule has 0 unspecified atom stereocenters. The van der Waals surface area contributed by atoms with E-state index in [2.05, 4.69) is 46.9 Å². The largest absolute Gasteiger partial charge is 0.311 e. The van der Waals surface area contributed by atoms with Gasteiger partial charge in [-0.2, -0.15) is 11.8 Å². The van der Waals surface area contributed by atoms with Gasteiger partial charge in [0.2, 0.25) is 0 Å². The van der Waals surface area contributed by atoms with Crippen molar-refractivity contribution in [2.75, 3.05) is 18.6 Å². The molecule has 0 aliphatic carbocycles. The van der Waals surface area contributed by atoms with Gasteiger partial charge in [0.05, 0.1) is 11.2 Å². The fourth-order valence-corrected chi connectivity index (χ4v) is 2.59. The molecule has 0 radical (unpaired) electrons. The normalized spacial score (nSPS) is 11.0. The Morgan fingerprint density at radius 1 is 1.05 bits per heavy atom. The molecular weight excluding hydrogens is 252 g/mol. The Morgan fingerprint density at radius 3 is 2.84 bits per heavy atom. The van der Waals surface area contributed by atoms with Gasteiger partial charge in [-0.3, -0.25) is 4.98 Å². The van der Waals surface area contributed by atoms with Crippen molar-refractivity contribution in [2.45, 2.75) is 25.8 Å². The smallest absolute Gasteiger partial charge is 0.0705 e. The van der Waals surface area contributed by atoms with Crippen LogP contribution in [0.1, 0.15) is 25.0 Å². The fraction of sp³-hybridized carbons (Fsp3) is 0.438. The zero-order chi connectivity index (χ0) is 13.3. The molecule has 2 rings (SSSR count). The van der Waals surface area contributed by atoms with Crippen molar-refractivity contribution in [1.29, 1.82) is 0 Å². The van der Waals surface area contributed by atoms with Crippen molar-refractivity contribution >= 4 is 22.7 Å². The van der Waals surface area contributed by atoms with E-state index in [1.54, 1.807) is 0 Å². The van der Waals surface area contributed by atoms with Gasteiger partial charge in [-0.15, -0.1) is 0 Å². The first-order chi connectivity index (χ1) is 9.40. The maximum atomic E-state index is 4.66. The number of rotatable bonds is 8. The van der Waals surface area contributed by atoms with Gasteiger partial charge < -0.3 is 5.32 Å². The lowest BCUT2D eigenvalue weighted by Gasteiger charge is -2.05. The summed E-state index contributed by atoms with van der Waals surface area (Å²) in [6.07, 6.45) is 6.08. The van der Waals surface area contributed by atoms with Gasteiger partial charge in [-0.1, -0.05) is 30.7 Å². The van der Waals surface area contributed by atoms with Crippen molar-refractivity contribution in [3.8, 4) is 0 Å². The topological polar surface area (TPSA) is 24.9 Å². The Labute approximate surface area is 120 Å². The average molecular weight is 274 g/mol. The van der Waals surface area contributed by atoms with Crippen LogP contribution in [0.15, 0.2) is 36.4 Å². The van der Waals surface area contributed by atoms with Crippen molar-refractivity contribution in [3.05, 3.63) is 42.1 Å². The second kappa shape index (κ2) is 8.18. The number of unbranched alkanes of at least 4 members (excludes halogenated alkanes) is 2. The molecule has 0 saturated carbocycles. The van der Waals surface area contributed by atoms with Crippen LogP contribution in [0.2, 0.25) is 0 Å². The summed E-state index contributed by atoms with van der Waals surface area (Å²) >= 11 is 1.93. The first-order valence-corrected chi connectivity index (χ1v) is 8.34. The molecular formula is C16H22N2S. The quantitative estimate of drug-likeness (QED) is 0.740. The first kappa shape index (κ1) is 14.4. The standard InChI is InChI=1S/C16H22N2S/c1-19-12-6-2-5-11-17-13-15-10-9-14-7-3-4-8-16(14)18-15/h3-4,7-10,17H,2,5-6,11-13H2,1H3. The number of fused-ring (bicyclic) bond motifs is 1. The molecule has 2 aromatic rings. The third kappa shape index (κ3) is 4.84. The summed E-state index contributed by atoms with van der Waals surface area (Å²) in [4.78, 5) is 4.66. The molecule has 0 spiro atoms. The van der Waals surface area contributed by atoms with Crippen LogP contribution < -0.4 is 5.32 Å². The lowest BCUT2D eigenvalue weighted by Crippen LogP contribution is -2.15. The van der Waals surface area contributed by atoms with E-state index in [-0.39, 0.29) is 0 Å². The first-order valence-electron chi connectivity index (χ1n) is 6.94. The number of hydrogen-bond acceptors (Lipinski definition) is 3. The number of nitrogens with one attached hydrogen (secondary N) is 1. The predicted octanol–water partition coefficient (Wildman–Crippen LogP) is 3.86. The van der Waals surface area contributed by atoms with Crippen molar-refractivity contribution < 1.29 is 0 Å². The van der Waals surface area contributed by atoms with Gasteiger partial charge in [-0.05, 0) is 43.5 Å². The predicted molar refractivity (Wildman–Crippen MR) is 85.7 cm³/mol. The van der Waals surface area contributed by atoms with Gasteiger partial charge in [0.15, 0.2) is 0 Å². The molecule has 1 aromatic heterocycles. The molecule has 0 amide bonds. The molecule has 1 N–H and O–H groups in total. The Kier molecular flexibility index (Phi) is 6.18. The SMILES string of the molecule is CSCCCCCNCc1ccc2ccccc2n1. The Hall–Kier alpha value is -1.06. The maximum Gasteiger partial charge on any atom is 0.0705 e. The lowest BCUT2D eigenvalue weighted by molar-refractivity contribution is 0.613. The van der Waals surface area contributed by atoms with Gasteiger partial charge in [-0.25, -0.2) is 0 Å². The summed E-state index contributed by atoms with van der Waals surface area (Å²) in [6.45, 7) is 1.95. The fourth-order valence-electron chi connectivity index (χ4n) is 2.10. The number of thioether (sulfide) groups is 1. The summed E-state index contributed by atoms with van der Waals surface area (Å²) in [7, 11) is 0. The van der Waals surface area contributed by atoms with Crippen molar-refractivity contribution in [3.63, 3.8) is 0 Å². The van der Waals surface area contributed by atoms with Crippen molar-refractivity contribution in [2.24, 2.45) is 0 Å². The summed E-state index contributed by atoms with van der Waals surface area (Å²) in [5.74, 6) is 1.28. The molecule has 0 atom stereocenters. The second-order valence-electron chi connectivity index (χ2n) is 4.73. The van der Waals surface area contributed by atoms with Gasteiger partial charge in [0.25, 0.3) is 0 Å². The summed E-state index contributed by atoms with van der Waals surface area (Å²) in [5, 5.41) is 4.69. The summed E-state index contributed by atoms with van der Waals surface area (Å²) < 4.78 is 0. The van der Waals surface area contributed by atoms with Crippen LogP contribution in [-0.4, -0.2) is 23.5 Å². The van der Waals surface area contributed by atoms with Crippen LogP contribution >= 0.6 is 11.8 Å². The average Bonchev–Trinajstić information content (AvgIpc) is 2.46. The molecule has 0 fully saturated rings. The van der Waals surface area contributed by atoms with E-state index >= 15 is 0 Å². The minimum absolute atomic E-state index is 0.868. The van der Waals surface area contributed by atoms with E-state index in [1.165, 1.54) is 30.4 Å². The Balaban J connectivity index is 1.72. The third-order valence-electron chi connectivity index (χ3n) is 3.16. The monoisotopic (exact) mass is 274 g/mol.